The lowest BCUT2D eigenvalue weighted by Crippen LogP contribution is -2.27. The van der Waals surface area contributed by atoms with Gasteiger partial charge in [-0.25, -0.2) is 4.39 Å². The molecule has 2 nitrogen and oxygen atoms in total. The number of nitrogens with zero attached hydrogens (tertiary/aromatic N) is 1. The second-order valence-electron chi connectivity index (χ2n) is 4.75. The summed E-state index contributed by atoms with van der Waals surface area (Å²) in [4.78, 5) is 4.16. The third-order valence-corrected chi connectivity index (χ3v) is 3.56. The Morgan fingerprint density at radius 2 is 2.31 bits per heavy atom. The normalized spacial score (nSPS) is 26.8. The molecule has 1 aliphatic carbocycles. The summed E-state index contributed by atoms with van der Waals surface area (Å²) in [6, 6.07) is 5.89. The van der Waals surface area contributed by atoms with Crippen molar-refractivity contribution in [2.24, 2.45) is 10.9 Å². The van der Waals surface area contributed by atoms with Crippen LogP contribution < -0.4 is 5.32 Å². The van der Waals surface area contributed by atoms with E-state index in [1.165, 1.54) is 5.56 Å². The van der Waals surface area contributed by atoms with Gasteiger partial charge in [-0.1, -0.05) is 12.1 Å². The summed E-state index contributed by atoms with van der Waals surface area (Å²) in [5, 5.41) is 3.24. The maximum Gasteiger partial charge on any atom is 0.126 e. The predicted molar refractivity (Wildman–Crippen MR) is 62.2 cm³/mol. The zero-order valence-electron chi connectivity index (χ0n) is 9.12. The summed E-state index contributed by atoms with van der Waals surface area (Å²) in [5.41, 5.74) is 2.13. The molecule has 0 saturated carbocycles. The van der Waals surface area contributed by atoms with E-state index < -0.39 is 0 Å². The van der Waals surface area contributed by atoms with Crippen molar-refractivity contribution in [1.82, 2.24) is 5.32 Å². The number of hydrogen-bond donors (Lipinski definition) is 1. The second kappa shape index (κ2) is 3.89. The molecule has 3 heteroatoms. The molecule has 16 heavy (non-hydrogen) atoms. The minimum Gasteiger partial charge on any atom is -0.372 e. The Kier molecular flexibility index (Phi) is 2.39. The van der Waals surface area contributed by atoms with Gasteiger partial charge in [0.2, 0.25) is 0 Å². The molecule has 1 heterocycles. The van der Waals surface area contributed by atoms with Crippen LogP contribution in [0.25, 0.3) is 0 Å². The van der Waals surface area contributed by atoms with E-state index in [1.54, 1.807) is 12.4 Å². The largest absolute Gasteiger partial charge is 0.372 e. The Labute approximate surface area is 94.6 Å². The van der Waals surface area contributed by atoms with Gasteiger partial charge in [-0.3, -0.25) is 4.99 Å². The molecule has 1 aliphatic heterocycles. The highest BCUT2D eigenvalue weighted by molar-refractivity contribution is 5.57. The van der Waals surface area contributed by atoms with Gasteiger partial charge in [-0.2, -0.15) is 0 Å². The van der Waals surface area contributed by atoms with Crippen molar-refractivity contribution in [3.8, 4) is 0 Å². The molecule has 1 aromatic carbocycles. The average molecular weight is 218 g/mol. The van der Waals surface area contributed by atoms with E-state index in [4.69, 9.17) is 0 Å². The van der Waals surface area contributed by atoms with Gasteiger partial charge in [-0.05, 0) is 42.4 Å². The fourth-order valence-corrected chi connectivity index (χ4v) is 2.80. The molecular formula is C13H15FN2. The lowest BCUT2D eigenvalue weighted by molar-refractivity contribution is 0.442. The van der Waals surface area contributed by atoms with E-state index in [0.717, 1.165) is 31.4 Å². The Morgan fingerprint density at radius 3 is 3.06 bits per heavy atom. The first kappa shape index (κ1) is 9.82. The summed E-state index contributed by atoms with van der Waals surface area (Å²) in [6.07, 6.45) is 4.78. The van der Waals surface area contributed by atoms with Crippen LogP contribution in [0.15, 0.2) is 23.2 Å². The zero-order chi connectivity index (χ0) is 11.0. The maximum atomic E-state index is 13.5. The number of halogens is 1. The zero-order valence-corrected chi connectivity index (χ0v) is 9.12. The Hall–Kier alpha value is -1.38. The monoisotopic (exact) mass is 218 g/mol. The van der Waals surface area contributed by atoms with Gasteiger partial charge in [0.05, 0.1) is 12.9 Å². The number of aliphatic imine (C=N–C) groups is 1. The molecule has 0 aromatic heterocycles. The third-order valence-electron chi connectivity index (χ3n) is 3.56. The molecule has 84 valence electrons. The predicted octanol–water partition coefficient (Wildman–Crippen LogP) is 1.93. The van der Waals surface area contributed by atoms with Crippen molar-refractivity contribution in [1.29, 1.82) is 0 Å². The van der Waals surface area contributed by atoms with Gasteiger partial charge in [0.1, 0.15) is 5.82 Å². The molecular weight excluding hydrogens is 203 g/mol. The van der Waals surface area contributed by atoms with E-state index >= 15 is 0 Å². The van der Waals surface area contributed by atoms with Crippen molar-refractivity contribution in [3.63, 3.8) is 0 Å². The van der Waals surface area contributed by atoms with E-state index in [9.17, 15) is 4.39 Å². The standard InChI is InChI=1S/C13H15FN2/c14-13-3-1-2-10-4-9(6-12(10)13)5-11-7-15-8-16-11/h1-3,8-9,11H,4-7H2,(H,15,16)/t9-,11-/m0/s1. The van der Waals surface area contributed by atoms with Crippen LogP contribution in [0.4, 0.5) is 4.39 Å². The first-order valence-electron chi connectivity index (χ1n) is 5.83. The minimum absolute atomic E-state index is 0.0318. The molecule has 1 N–H and O–H groups in total. The number of fused-ring (bicyclic) bond motifs is 1. The van der Waals surface area contributed by atoms with Crippen LogP contribution in [-0.2, 0) is 12.8 Å². The lowest BCUT2D eigenvalue weighted by atomic mass is 9.97. The van der Waals surface area contributed by atoms with Crippen LogP contribution in [0.2, 0.25) is 0 Å². The van der Waals surface area contributed by atoms with Crippen molar-refractivity contribution in [2.75, 3.05) is 6.54 Å². The Bertz CT molecular complexity index is 420. The highest BCUT2D eigenvalue weighted by Gasteiger charge is 2.26. The fourth-order valence-electron chi connectivity index (χ4n) is 2.80. The van der Waals surface area contributed by atoms with Crippen LogP contribution in [0.5, 0.6) is 0 Å². The molecule has 0 amide bonds. The summed E-state index contributed by atoms with van der Waals surface area (Å²) in [6.45, 7) is 0.870. The number of benzene rings is 1. The lowest BCUT2D eigenvalue weighted by Gasteiger charge is -2.14. The molecule has 0 saturated heterocycles. The molecule has 0 radical (unpaired) electrons. The van der Waals surface area contributed by atoms with Crippen molar-refractivity contribution >= 4 is 6.34 Å². The van der Waals surface area contributed by atoms with E-state index in [-0.39, 0.29) is 5.82 Å². The Balaban J connectivity index is 1.68. The first-order valence-corrected chi connectivity index (χ1v) is 5.83. The Morgan fingerprint density at radius 1 is 1.38 bits per heavy atom. The molecule has 0 unspecified atom stereocenters. The highest BCUT2D eigenvalue weighted by atomic mass is 19.1. The molecule has 1 aromatic rings. The van der Waals surface area contributed by atoms with Crippen molar-refractivity contribution in [3.05, 3.63) is 35.1 Å². The summed E-state index contributed by atoms with van der Waals surface area (Å²) < 4.78 is 13.5. The van der Waals surface area contributed by atoms with Crippen LogP contribution in [-0.4, -0.2) is 18.9 Å². The second-order valence-corrected chi connectivity index (χ2v) is 4.75. The topological polar surface area (TPSA) is 24.4 Å². The molecule has 3 rings (SSSR count). The van der Waals surface area contributed by atoms with Gasteiger partial charge in [0.25, 0.3) is 0 Å². The van der Waals surface area contributed by atoms with Crippen LogP contribution in [0.3, 0.4) is 0 Å². The van der Waals surface area contributed by atoms with Gasteiger partial charge in [0.15, 0.2) is 0 Å². The van der Waals surface area contributed by atoms with E-state index in [1.807, 2.05) is 6.07 Å². The first-order chi connectivity index (χ1) is 7.83. The van der Waals surface area contributed by atoms with Crippen LogP contribution in [0, 0.1) is 11.7 Å². The SMILES string of the molecule is Fc1cccc2c1C[C@H](C[C@H]1CN=CN1)C2. The van der Waals surface area contributed by atoms with Crippen LogP contribution >= 0.6 is 0 Å². The third kappa shape index (κ3) is 1.70. The van der Waals surface area contributed by atoms with Gasteiger partial charge in [-0.15, -0.1) is 0 Å². The summed E-state index contributed by atoms with van der Waals surface area (Å²) >= 11 is 0. The molecule has 2 atom stereocenters. The number of hydrogen-bond acceptors (Lipinski definition) is 2. The summed E-state index contributed by atoms with van der Waals surface area (Å²) in [7, 11) is 0. The van der Waals surface area contributed by atoms with Crippen molar-refractivity contribution in [2.45, 2.75) is 25.3 Å². The quantitative estimate of drug-likeness (QED) is 0.806. The smallest absolute Gasteiger partial charge is 0.126 e. The molecule has 0 spiro atoms. The van der Waals surface area contributed by atoms with E-state index in [2.05, 4.69) is 16.4 Å². The van der Waals surface area contributed by atoms with E-state index in [0.29, 0.717) is 12.0 Å². The van der Waals surface area contributed by atoms with Crippen molar-refractivity contribution < 1.29 is 4.39 Å². The highest BCUT2D eigenvalue weighted by Crippen LogP contribution is 2.31. The number of nitrogens with one attached hydrogen (secondary N) is 1. The number of rotatable bonds is 2. The maximum absolute atomic E-state index is 13.5. The average Bonchev–Trinajstić information content (AvgIpc) is 2.88. The molecule has 2 aliphatic rings. The van der Waals surface area contributed by atoms with Crippen LogP contribution in [0.1, 0.15) is 17.5 Å². The van der Waals surface area contributed by atoms with Gasteiger partial charge >= 0.3 is 0 Å². The minimum atomic E-state index is -0.0318. The summed E-state index contributed by atoms with van der Waals surface area (Å²) in [5.74, 6) is 0.543. The van der Waals surface area contributed by atoms with Gasteiger partial charge < -0.3 is 5.32 Å². The molecule has 0 fully saturated rings. The van der Waals surface area contributed by atoms with Gasteiger partial charge in [0, 0.05) is 6.04 Å². The molecule has 0 bridgehead atoms. The fraction of sp³-hybridized carbons (Fsp3) is 0.462.